The number of nitrogens with one attached hydrogen (secondary N) is 3. The second-order valence-electron chi connectivity index (χ2n) is 4.90. The van der Waals surface area contributed by atoms with Crippen molar-refractivity contribution in [1.82, 2.24) is 5.32 Å². The molecule has 2 amide bonds. The molecule has 0 saturated heterocycles. The molecule has 0 radical (unpaired) electrons. The SMILES string of the molecule is CC(=O)Nc1ccc(F)c(NC(=O)CCNC2CC2)c1. The molecule has 1 fully saturated rings. The smallest absolute Gasteiger partial charge is 0.225 e. The molecule has 0 heterocycles. The minimum Gasteiger partial charge on any atom is -0.326 e. The number of benzene rings is 1. The number of amides is 2. The van der Waals surface area contributed by atoms with Gasteiger partial charge in [-0.1, -0.05) is 0 Å². The molecule has 0 aromatic heterocycles. The van der Waals surface area contributed by atoms with Gasteiger partial charge in [0.1, 0.15) is 5.82 Å². The van der Waals surface area contributed by atoms with Crippen molar-refractivity contribution in [3.8, 4) is 0 Å². The van der Waals surface area contributed by atoms with E-state index in [2.05, 4.69) is 16.0 Å². The summed E-state index contributed by atoms with van der Waals surface area (Å²) in [7, 11) is 0. The molecule has 1 aromatic rings. The normalized spacial score (nSPS) is 13.9. The summed E-state index contributed by atoms with van der Waals surface area (Å²) in [6.45, 7) is 1.95. The fourth-order valence-electron chi connectivity index (χ4n) is 1.79. The summed E-state index contributed by atoms with van der Waals surface area (Å²) in [5.74, 6) is -1.03. The van der Waals surface area contributed by atoms with Crippen LogP contribution in [0.5, 0.6) is 0 Å². The fourth-order valence-corrected chi connectivity index (χ4v) is 1.79. The molecule has 0 aliphatic heterocycles. The molecule has 0 spiro atoms. The predicted molar refractivity (Wildman–Crippen MR) is 75.0 cm³/mol. The summed E-state index contributed by atoms with van der Waals surface area (Å²) in [5, 5.41) is 8.27. The Labute approximate surface area is 116 Å². The van der Waals surface area contributed by atoms with Gasteiger partial charge in [0.25, 0.3) is 0 Å². The maximum atomic E-state index is 13.6. The quantitative estimate of drug-likeness (QED) is 0.744. The van der Waals surface area contributed by atoms with Crippen LogP contribution in [0.4, 0.5) is 15.8 Å². The van der Waals surface area contributed by atoms with Gasteiger partial charge >= 0.3 is 0 Å². The van der Waals surface area contributed by atoms with Crippen molar-refractivity contribution < 1.29 is 14.0 Å². The summed E-state index contributed by atoms with van der Waals surface area (Å²) in [4.78, 5) is 22.6. The molecular formula is C14H18FN3O2. The molecule has 0 atom stereocenters. The number of hydrogen-bond acceptors (Lipinski definition) is 3. The third-order valence-corrected chi connectivity index (χ3v) is 2.92. The van der Waals surface area contributed by atoms with E-state index in [0.29, 0.717) is 24.7 Å². The third kappa shape index (κ3) is 4.62. The number of carbonyl (C=O) groups is 2. The lowest BCUT2D eigenvalue weighted by Gasteiger charge is -2.09. The maximum Gasteiger partial charge on any atom is 0.225 e. The summed E-state index contributed by atoms with van der Waals surface area (Å²) < 4.78 is 13.6. The standard InChI is InChI=1S/C14H18FN3O2/c1-9(19)17-11-4-5-12(15)13(8-11)18-14(20)6-7-16-10-2-3-10/h4-5,8,10,16H,2-3,6-7H2,1H3,(H,17,19)(H,18,20). The Hall–Kier alpha value is -1.95. The highest BCUT2D eigenvalue weighted by Crippen LogP contribution is 2.20. The van der Waals surface area contributed by atoms with Crippen molar-refractivity contribution in [1.29, 1.82) is 0 Å². The monoisotopic (exact) mass is 279 g/mol. The maximum absolute atomic E-state index is 13.6. The molecule has 108 valence electrons. The van der Waals surface area contributed by atoms with Crippen molar-refractivity contribution >= 4 is 23.2 Å². The van der Waals surface area contributed by atoms with Crippen LogP contribution in [0.2, 0.25) is 0 Å². The van der Waals surface area contributed by atoms with Crippen LogP contribution >= 0.6 is 0 Å². The molecule has 6 heteroatoms. The van der Waals surface area contributed by atoms with Gasteiger partial charge in [-0.3, -0.25) is 9.59 Å². The molecule has 1 aliphatic rings. The summed E-state index contributed by atoms with van der Waals surface area (Å²) >= 11 is 0. The summed E-state index contributed by atoms with van der Waals surface area (Å²) in [6.07, 6.45) is 2.62. The van der Waals surface area contributed by atoms with Crippen LogP contribution in [0.15, 0.2) is 18.2 Å². The topological polar surface area (TPSA) is 70.2 Å². The van der Waals surface area contributed by atoms with E-state index in [4.69, 9.17) is 0 Å². The van der Waals surface area contributed by atoms with Gasteiger partial charge in [-0.25, -0.2) is 4.39 Å². The van der Waals surface area contributed by atoms with Gasteiger partial charge in [-0.2, -0.15) is 0 Å². The van der Waals surface area contributed by atoms with Crippen molar-refractivity contribution in [2.75, 3.05) is 17.2 Å². The Morgan fingerprint density at radius 1 is 1.30 bits per heavy atom. The van der Waals surface area contributed by atoms with Crippen LogP contribution < -0.4 is 16.0 Å². The molecule has 1 aromatic carbocycles. The zero-order chi connectivity index (χ0) is 14.5. The van der Waals surface area contributed by atoms with Gasteiger partial charge in [0, 0.05) is 31.6 Å². The van der Waals surface area contributed by atoms with Crippen LogP contribution in [-0.2, 0) is 9.59 Å². The lowest BCUT2D eigenvalue weighted by atomic mass is 10.2. The first-order chi connectivity index (χ1) is 9.54. The molecule has 3 N–H and O–H groups in total. The van der Waals surface area contributed by atoms with Crippen LogP contribution in [0, 0.1) is 5.82 Å². The highest BCUT2D eigenvalue weighted by atomic mass is 19.1. The highest BCUT2D eigenvalue weighted by Gasteiger charge is 2.20. The molecular weight excluding hydrogens is 261 g/mol. The fraction of sp³-hybridized carbons (Fsp3) is 0.429. The molecule has 1 saturated carbocycles. The van der Waals surface area contributed by atoms with Gasteiger partial charge in [0.05, 0.1) is 5.69 Å². The number of halogens is 1. The number of hydrogen-bond donors (Lipinski definition) is 3. The highest BCUT2D eigenvalue weighted by molar-refractivity contribution is 5.93. The van der Waals surface area contributed by atoms with E-state index in [1.54, 1.807) is 0 Å². The summed E-state index contributed by atoms with van der Waals surface area (Å²) in [6, 6.07) is 4.61. The second-order valence-corrected chi connectivity index (χ2v) is 4.90. The lowest BCUT2D eigenvalue weighted by Crippen LogP contribution is -2.23. The zero-order valence-corrected chi connectivity index (χ0v) is 11.3. The minimum atomic E-state index is -0.525. The van der Waals surface area contributed by atoms with Gasteiger partial charge in [-0.15, -0.1) is 0 Å². The first-order valence-electron chi connectivity index (χ1n) is 6.65. The lowest BCUT2D eigenvalue weighted by molar-refractivity contribution is -0.116. The Kier molecular flexibility index (Phi) is 4.68. The Morgan fingerprint density at radius 3 is 2.70 bits per heavy atom. The number of rotatable bonds is 6. The number of anilines is 2. The Bertz CT molecular complexity index is 515. The average Bonchev–Trinajstić information content (AvgIpc) is 3.17. The Balaban J connectivity index is 1.88. The van der Waals surface area contributed by atoms with Crippen LogP contribution in [0.1, 0.15) is 26.2 Å². The van der Waals surface area contributed by atoms with Gasteiger partial charge < -0.3 is 16.0 Å². The van der Waals surface area contributed by atoms with Crippen molar-refractivity contribution in [2.45, 2.75) is 32.2 Å². The van der Waals surface area contributed by atoms with Crippen molar-refractivity contribution in [2.24, 2.45) is 0 Å². The zero-order valence-electron chi connectivity index (χ0n) is 11.3. The van der Waals surface area contributed by atoms with Gasteiger partial charge in [-0.05, 0) is 31.0 Å². The minimum absolute atomic E-state index is 0.0765. The molecule has 0 bridgehead atoms. The van der Waals surface area contributed by atoms with Gasteiger partial charge in [0.2, 0.25) is 11.8 Å². The van der Waals surface area contributed by atoms with Crippen LogP contribution in [0.3, 0.4) is 0 Å². The van der Waals surface area contributed by atoms with Crippen molar-refractivity contribution in [3.63, 3.8) is 0 Å². The second kappa shape index (κ2) is 6.47. The third-order valence-electron chi connectivity index (χ3n) is 2.92. The first kappa shape index (κ1) is 14.5. The van der Waals surface area contributed by atoms with Crippen molar-refractivity contribution in [3.05, 3.63) is 24.0 Å². The molecule has 20 heavy (non-hydrogen) atoms. The largest absolute Gasteiger partial charge is 0.326 e. The van der Waals surface area contributed by atoms with E-state index >= 15 is 0 Å². The van der Waals surface area contributed by atoms with Gasteiger partial charge in [0.15, 0.2) is 0 Å². The van der Waals surface area contributed by atoms with E-state index in [-0.39, 0.29) is 17.5 Å². The molecule has 5 nitrogen and oxygen atoms in total. The number of carbonyl (C=O) groups excluding carboxylic acids is 2. The summed E-state index contributed by atoms with van der Waals surface area (Å²) in [5.41, 5.74) is 0.526. The van der Waals surface area contributed by atoms with Crippen LogP contribution in [0.25, 0.3) is 0 Å². The average molecular weight is 279 g/mol. The van der Waals surface area contributed by atoms with E-state index in [9.17, 15) is 14.0 Å². The van der Waals surface area contributed by atoms with Crippen LogP contribution in [-0.4, -0.2) is 24.4 Å². The van der Waals surface area contributed by atoms with E-state index in [0.717, 1.165) is 12.8 Å². The first-order valence-corrected chi connectivity index (χ1v) is 6.65. The van der Waals surface area contributed by atoms with E-state index < -0.39 is 5.82 Å². The van der Waals surface area contributed by atoms with E-state index in [1.165, 1.54) is 25.1 Å². The Morgan fingerprint density at radius 2 is 2.05 bits per heavy atom. The van der Waals surface area contributed by atoms with E-state index in [1.807, 2.05) is 0 Å². The molecule has 0 unspecified atom stereocenters. The molecule has 2 rings (SSSR count). The predicted octanol–water partition coefficient (Wildman–Crippen LogP) is 1.86. The molecule has 1 aliphatic carbocycles.